The molecule has 11 nitrogen and oxygen atoms in total. The van der Waals surface area contributed by atoms with Crippen molar-refractivity contribution < 1.29 is 47.9 Å². The van der Waals surface area contributed by atoms with Gasteiger partial charge >= 0.3 is 24.8 Å². The van der Waals surface area contributed by atoms with E-state index in [0.29, 0.717) is 45.1 Å². The predicted octanol–water partition coefficient (Wildman–Crippen LogP) is 0.212. The Bertz CT molecular complexity index is 1250. The van der Waals surface area contributed by atoms with Gasteiger partial charge in [-0.05, 0) is 42.9 Å². The van der Waals surface area contributed by atoms with E-state index in [0.717, 1.165) is 17.5 Å². The molecule has 0 saturated heterocycles. The Morgan fingerprint density at radius 3 is 1.92 bits per heavy atom. The quantitative estimate of drug-likeness (QED) is 0.0616. The maximum atomic E-state index is 13.4. The average molecular weight is 672 g/mol. The van der Waals surface area contributed by atoms with Crippen LogP contribution >= 0.6 is 0 Å². The molecule has 0 aliphatic carbocycles. The van der Waals surface area contributed by atoms with Crippen molar-refractivity contribution >= 4 is 30.0 Å². The molecular weight excluding hydrogens is 617 g/mol. The van der Waals surface area contributed by atoms with E-state index < -0.39 is 41.4 Å². The van der Waals surface area contributed by atoms with Crippen molar-refractivity contribution in [1.29, 1.82) is 0 Å². The number of benzene rings is 2. The van der Waals surface area contributed by atoms with Gasteiger partial charge in [0.25, 0.3) is 0 Å². The summed E-state index contributed by atoms with van der Waals surface area (Å²) in [5.74, 6) is -2.02. The van der Waals surface area contributed by atoms with E-state index in [9.17, 15) is 24.0 Å². The first-order valence-electron chi connectivity index (χ1n) is 16.6. The standard InChI is InChI=1S/C30H41N4O4.C7H13NO2.Li/c1-22(2)19-26(29(37)32-25(21-35)15-9-10-18-31)34-30(38)27(20-24-13-7-4-8-14-24)33-28(36)17-16-23-11-5-3-6-12-23;1-3-5-7(8,4-2)6(9)10;/h3-8,11-14,22,25-27H,9-10,15-20,31H2,1-2H3,(H,32,37)(H,33,36)(H,34,38);1-5,8H2,(H,9,10);/q-1;-2;+1/t25-,26-,27-;;/m1../s1. The molecule has 8 N–H and O–H groups in total. The zero-order chi connectivity index (χ0) is 36.0. The average Bonchev–Trinajstić information content (AvgIpc) is 3.07. The number of aryl methyl sites for hydroxylation is 1. The molecule has 2 rings (SSSR count). The Morgan fingerprint density at radius 2 is 1.45 bits per heavy atom. The number of rotatable bonds is 21. The molecule has 2 aromatic carbocycles. The zero-order valence-electron chi connectivity index (χ0n) is 29.4. The largest absolute Gasteiger partial charge is 1.00 e. The van der Waals surface area contributed by atoms with Crippen LogP contribution in [0.1, 0.15) is 76.3 Å². The van der Waals surface area contributed by atoms with Gasteiger partial charge in [-0.3, -0.25) is 19.2 Å². The van der Waals surface area contributed by atoms with E-state index in [1.54, 1.807) is 0 Å². The van der Waals surface area contributed by atoms with Crippen LogP contribution in [0.15, 0.2) is 60.7 Å². The van der Waals surface area contributed by atoms with Crippen molar-refractivity contribution in [3.8, 4) is 0 Å². The Kier molecular flexibility index (Phi) is 23.7. The van der Waals surface area contributed by atoms with Crippen molar-refractivity contribution in [2.75, 3.05) is 6.54 Å². The molecule has 4 atom stereocenters. The minimum atomic E-state index is -1.16. The zero-order valence-corrected chi connectivity index (χ0v) is 29.4. The molecule has 0 bridgehead atoms. The van der Waals surface area contributed by atoms with Crippen LogP contribution in [0.3, 0.4) is 0 Å². The number of carboxylic acid groups (broad SMARTS) is 1. The van der Waals surface area contributed by atoms with Crippen LogP contribution in [0.25, 0.3) is 0 Å². The van der Waals surface area contributed by atoms with Gasteiger partial charge in [0.2, 0.25) is 17.7 Å². The third-order valence-electron chi connectivity index (χ3n) is 7.66. The second kappa shape index (κ2) is 25.5. The van der Waals surface area contributed by atoms with Gasteiger partial charge in [0.05, 0.1) is 5.54 Å². The number of hydrogen-bond acceptors (Lipinski definition) is 7. The summed E-state index contributed by atoms with van der Waals surface area (Å²) < 4.78 is 0. The number of hydrogen-bond donors (Lipinski definition) is 6. The summed E-state index contributed by atoms with van der Waals surface area (Å²) >= 11 is 0. The first-order chi connectivity index (χ1) is 22.9. The van der Waals surface area contributed by atoms with Crippen molar-refractivity contribution in [3.63, 3.8) is 0 Å². The molecule has 12 heteroatoms. The van der Waals surface area contributed by atoms with E-state index in [4.69, 9.17) is 16.6 Å². The van der Waals surface area contributed by atoms with Crippen LogP contribution in [0.2, 0.25) is 0 Å². The maximum absolute atomic E-state index is 13.4. The third kappa shape index (κ3) is 18.7. The molecule has 0 fully saturated rings. The first-order valence-corrected chi connectivity index (χ1v) is 16.6. The fourth-order valence-corrected chi connectivity index (χ4v) is 4.78. The Balaban J connectivity index is 0.00000181. The van der Waals surface area contributed by atoms with E-state index in [1.165, 1.54) is 0 Å². The van der Waals surface area contributed by atoms with Gasteiger partial charge in [-0.15, -0.1) is 0 Å². The van der Waals surface area contributed by atoms with Crippen LogP contribution in [0, 0.1) is 19.8 Å². The fraction of sp³-hybridized carbons (Fsp3) is 0.486. The van der Waals surface area contributed by atoms with Crippen molar-refractivity contribution in [1.82, 2.24) is 16.0 Å². The fourth-order valence-electron chi connectivity index (χ4n) is 4.78. The van der Waals surface area contributed by atoms with Gasteiger partial charge in [-0.1, -0.05) is 99.8 Å². The summed E-state index contributed by atoms with van der Waals surface area (Å²) in [4.78, 5) is 61.1. The Hall–Kier alpha value is -3.49. The molecule has 49 heavy (non-hydrogen) atoms. The second-order valence-electron chi connectivity index (χ2n) is 12.3. The molecule has 0 aliphatic rings. The molecule has 0 spiro atoms. The van der Waals surface area contributed by atoms with E-state index in [2.05, 4.69) is 29.8 Å². The van der Waals surface area contributed by atoms with Gasteiger partial charge < -0.3 is 51.2 Å². The minimum absolute atomic E-state index is 0. The monoisotopic (exact) mass is 671 g/mol. The number of carboxylic acids is 1. The van der Waals surface area contributed by atoms with Crippen LogP contribution in [-0.4, -0.2) is 65.3 Å². The second-order valence-corrected chi connectivity index (χ2v) is 12.3. The number of unbranched alkanes of at least 4 members (excludes halogenated alkanes) is 1. The number of nitrogens with two attached hydrogens (primary N) is 2. The number of nitrogens with one attached hydrogen (secondary N) is 3. The van der Waals surface area contributed by atoms with Crippen LogP contribution in [0.5, 0.6) is 0 Å². The Morgan fingerprint density at radius 1 is 0.878 bits per heavy atom. The van der Waals surface area contributed by atoms with Gasteiger partial charge in [-0.2, -0.15) is 12.8 Å². The summed E-state index contributed by atoms with van der Waals surface area (Å²) in [6.07, 6.45) is 6.30. The minimum Gasteiger partial charge on any atom is -0.540 e. The molecule has 3 amide bonds. The van der Waals surface area contributed by atoms with E-state index >= 15 is 0 Å². The van der Waals surface area contributed by atoms with E-state index in [1.807, 2.05) is 80.8 Å². The molecular formula is C37H54LiN5O6-2. The summed E-state index contributed by atoms with van der Waals surface area (Å²) in [5.41, 5.74) is 11.7. The summed E-state index contributed by atoms with van der Waals surface area (Å²) in [5, 5.41) is 17.0. The molecule has 266 valence electrons. The first kappa shape index (κ1) is 45.5. The summed E-state index contributed by atoms with van der Waals surface area (Å²) in [6.45, 7) is 11.4. The van der Waals surface area contributed by atoms with Crippen molar-refractivity contribution in [2.45, 2.75) is 102 Å². The van der Waals surface area contributed by atoms with Crippen LogP contribution in [0.4, 0.5) is 0 Å². The number of carbonyl (C=O) groups is 4. The molecule has 0 aromatic heterocycles. The smallest absolute Gasteiger partial charge is 0.540 e. The van der Waals surface area contributed by atoms with Crippen LogP contribution in [-0.2, 0) is 36.8 Å². The molecule has 0 saturated carbocycles. The number of carbonyl (C=O) groups excluding carboxylic acids is 4. The molecule has 1 unspecified atom stereocenters. The Labute approximate surface area is 304 Å². The normalized spacial score (nSPS) is 13.6. The summed E-state index contributed by atoms with van der Waals surface area (Å²) in [7, 11) is 0. The molecule has 0 aliphatic heterocycles. The third-order valence-corrected chi connectivity index (χ3v) is 7.66. The van der Waals surface area contributed by atoms with Crippen LogP contribution < -0.4 is 46.3 Å². The molecule has 0 heterocycles. The molecule has 0 radical (unpaired) electrons. The summed E-state index contributed by atoms with van der Waals surface area (Å²) in [6, 6.07) is 16.6. The number of aliphatic carboxylic acids is 1. The SMILES string of the molecule is CC(C)C[C@@H](NC(=O)[C@@H](Cc1ccccc1)NC(=O)CCc1ccccc1)C(=O)N[C@@H]([C-]=O)CCCCN.[CH2-]CCC(N)(C[CH2-])C(=O)O.[Li+]. The van der Waals surface area contributed by atoms with Gasteiger partial charge in [0.1, 0.15) is 12.1 Å². The van der Waals surface area contributed by atoms with Crippen molar-refractivity contribution in [2.24, 2.45) is 17.4 Å². The topological polar surface area (TPSA) is 194 Å². The molecule has 2 aromatic rings. The van der Waals surface area contributed by atoms with E-state index in [-0.39, 0.29) is 49.9 Å². The predicted molar refractivity (Wildman–Crippen MR) is 188 cm³/mol. The number of amides is 3. The van der Waals surface area contributed by atoms with Gasteiger partial charge in [-0.25, -0.2) is 6.29 Å². The van der Waals surface area contributed by atoms with Crippen molar-refractivity contribution in [3.05, 3.63) is 85.6 Å². The maximum Gasteiger partial charge on any atom is 1.00 e. The van der Waals surface area contributed by atoms with Gasteiger partial charge in [0, 0.05) is 12.8 Å². The van der Waals surface area contributed by atoms with Gasteiger partial charge in [0.15, 0.2) is 0 Å².